The van der Waals surface area contributed by atoms with Gasteiger partial charge in [-0.3, -0.25) is 9.78 Å². The minimum absolute atomic E-state index is 0.169. The average Bonchev–Trinajstić information content (AvgIpc) is 2.47. The molecule has 1 saturated carbocycles. The summed E-state index contributed by atoms with van der Waals surface area (Å²) in [5.41, 5.74) is 0.947. The second-order valence-electron chi connectivity index (χ2n) is 5.34. The van der Waals surface area contributed by atoms with Crippen LogP contribution >= 0.6 is 0 Å². The van der Waals surface area contributed by atoms with Crippen molar-refractivity contribution in [2.45, 2.75) is 31.3 Å². The Bertz CT molecular complexity index is 621. The van der Waals surface area contributed by atoms with E-state index in [2.05, 4.69) is 4.98 Å². The molecule has 1 aromatic heterocycles. The van der Waals surface area contributed by atoms with Crippen LogP contribution in [0.3, 0.4) is 0 Å². The molecule has 0 spiro atoms. The number of pyridine rings is 1. The zero-order valence-electron chi connectivity index (χ0n) is 11.6. The van der Waals surface area contributed by atoms with E-state index in [1.54, 1.807) is 18.3 Å². The van der Waals surface area contributed by atoms with Gasteiger partial charge in [0, 0.05) is 6.20 Å². The van der Waals surface area contributed by atoms with E-state index in [0.717, 1.165) is 30.5 Å². The molecule has 1 fully saturated rings. The Morgan fingerprint density at radius 2 is 1.95 bits per heavy atom. The van der Waals surface area contributed by atoms with Crippen LogP contribution in [0.15, 0.2) is 48.7 Å². The van der Waals surface area contributed by atoms with Gasteiger partial charge < -0.3 is 4.74 Å². The lowest BCUT2D eigenvalue weighted by Gasteiger charge is -2.39. The smallest absolute Gasteiger partial charge is 0.316 e. The molecule has 1 heterocycles. The summed E-state index contributed by atoms with van der Waals surface area (Å²) >= 11 is 0. The predicted octanol–water partition coefficient (Wildman–Crippen LogP) is 3.39. The third-order valence-electron chi connectivity index (χ3n) is 4.07. The lowest BCUT2D eigenvalue weighted by molar-refractivity contribution is -0.156. The molecule has 21 heavy (non-hydrogen) atoms. The first-order valence-electron chi connectivity index (χ1n) is 7.04. The molecule has 108 valence electrons. The van der Waals surface area contributed by atoms with Crippen LogP contribution in [-0.4, -0.2) is 11.0 Å². The van der Waals surface area contributed by atoms with Crippen LogP contribution in [0.4, 0.5) is 4.39 Å². The van der Waals surface area contributed by atoms with Crippen molar-refractivity contribution < 1.29 is 13.9 Å². The SMILES string of the molecule is O=C(OCc1ccccn1)C1(c2ccc(F)cc2)CCC1. The summed E-state index contributed by atoms with van der Waals surface area (Å²) in [6.45, 7) is 0.169. The molecular weight excluding hydrogens is 269 g/mol. The molecule has 0 amide bonds. The van der Waals surface area contributed by atoms with Crippen molar-refractivity contribution >= 4 is 5.97 Å². The van der Waals surface area contributed by atoms with Gasteiger partial charge in [0.1, 0.15) is 12.4 Å². The molecule has 4 heteroatoms. The molecule has 0 bridgehead atoms. The number of benzene rings is 1. The van der Waals surface area contributed by atoms with Crippen molar-refractivity contribution in [2.24, 2.45) is 0 Å². The number of nitrogens with zero attached hydrogens (tertiary/aromatic N) is 1. The Hall–Kier alpha value is -2.23. The summed E-state index contributed by atoms with van der Waals surface area (Å²) in [4.78, 5) is 16.6. The highest BCUT2D eigenvalue weighted by Gasteiger charge is 2.47. The van der Waals surface area contributed by atoms with Crippen molar-refractivity contribution in [3.63, 3.8) is 0 Å². The predicted molar refractivity (Wildman–Crippen MR) is 76.0 cm³/mol. The van der Waals surface area contributed by atoms with Crippen LogP contribution in [0.2, 0.25) is 0 Å². The summed E-state index contributed by atoms with van der Waals surface area (Å²) in [5, 5.41) is 0. The van der Waals surface area contributed by atoms with Crippen LogP contribution in [0, 0.1) is 5.82 Å². The highest BCUT2D eigenvalue weighted by Crippen LogP contribution is 2.44. The summed E-state index contributed by atoms with van der Waals surface area (Å²) in [7, 11) is 0. The van der Waals surface area contributed by atoms with E-state index in [1.807, 2.05) is 18.2 Å². The van der Waals surface area contributed by atoms with Crippen LogP contribution in [0.5, 0.6) is 0 Å². The van der Waals surface area contributed by atoms with Crippen molar-refractivity contribution in [1.82, 2.24) is 4.98 Å². The summed E-state index contributed by atoms with van der Waals surface area (Å²) < 4.78 is 18.5. The van der Waals surface area contributed by atoms with Gasteiger partial charge in [-0.25, -0.2) is 4.39 Å². The molecule has 3 rings (SSSR count). The Morgan fingerprint density at radius 1 is 1.19 bits per heavy atom. The van der Waals surface area contributed by atoms with Gasteiger partial charge in [0.05, 0.1) is 11.1 Å². The Balaban J connectivity index is 1.73. The molecule has 0 saturated heterocycles. The maximum Gasteiger partial charge on any atom is 0.316 e. The molecule has 1 aromatic carbocycles. The summed E-state index contributed by atoms with van der Waals surface area (Å²) in [6, 6.07) is 11.6. The van der Waals surface area contributed by atoms with E-state index >= 15 is 0 Å². The lowest BCUT2D eigenvalue weighted by atomic mass is 9.64. The van der Waals surface area contributed by atoms with Gasteiger partial charge in [-0.2, -0.15) is 0 Å². The van der Waals surface area contributed by atoms with E-state index in [-0.39, 0.29) is 18.4 Å². The fourth-order valence-electron chi connectivity index (χ4n) is 2.67. The Morgan fingerprint density at radius 3 is 2.52 bits per heavy atom. The zero-order valence-corrected chi connectivity index (χ0v) is 11.6. The number of ether oxygens (including phenoxy) is 1. The minimum atomic E-state index is -0.609. The van der Waals surface area contributed by atoms with Crippen LogP contribution < -0.4 is 0 Å². The van der Waals surface area contributed by atoms with Gasteiger partial charge in [0.25, 0.3) is 0 Å². The molecular formula is C17H16FNO2. The third kappa shape index (κ3) is 2.66. The number of carbonyl (C=O) groups is 1. The van der Waals surface area contributed by atoms with Gasteiger partial charge in [-0.15, -0.1) is 0 Å². The van der Waals surface area contributed by atoms with Crippen molar-refractivity contribution in [3.8, 4) is 0 Å². The Kier molecular flexibility index (Phi) is 3.69. The van der Waals surface area contributed by atoms with Crippen molar-refractivity contribution in [2.75, 3.05) is 0 Å². The monoisotopic (exact) mass is 285 g/mol. The summed E-state index contributed by atoms with van der Waals surface area (Å²) in [5.74, 6) is -0.541. The molecule has 0 aliphatic heterocycles. The van der Waals surface area contributed by atoms with Gasteiger partial charge in [0.2, 0.25) is 0 Å². The van der Waals surface area contributed by atoms with E-state index in [0.29, 0.717) is 0 Å². The standard InChI is InChI=1S/C17H16FNO2/c18-14-7-5-13(6-8-14)17(9-3-10-17)16(20)21-12-15-4-1-2-11-19-15/h1-2,4-8,11H,3,9-10,12H2. The molecule has 0 N–H and O–H groups in total. The maximum atomic E-state index is 13.0. The number of rotatable bonds is 4. The Labute approximate surface area is 122 Å². The quantitative estimate of drug-likeness (QED) is 0.808. The molecule has 2 aromatic rings. The topological polar surface area (TPSA) is 39.2 Å². The van der Waals surface area contributed by atoms with Gasteiger partial charge >= 0.3 is 5.97 Å². The fourth-order valence-corrected chi connectivity index (χ4v) is 2.67. The highest BCUT2D eigenvalue weighted by atomic mass is 19.1. The number of carbonyl (C=O) groups excluding carboxylic acids is 1. The van der Waals surface area contributed by atoms with E-state index in [9.17, 15) is 9.18 Å². The number of halogens is 1. The van der Waals surface area contributed by atoms with Gasteiger partial charge in [-0.1, -0.05) is 24.6 Å². The van der Waals surface area contributed by atoms with Crippen LogP contribution in [0.25, 0.3) is 0 Å². The fraction of sp³-hybridized carbons (Fsp3) is 0.294. The third-order valence-corrected chi connectivity index (χ3v) is 4.07. The molecule has 0 atom stereocenters. The number of aromatic nitrogens is 1. The normalized spacial score (nSPS) is 16.0. The average molecular weight is 285 g/mol. The highest BCUT2D eigenvalue weighted by molar-refractivity contribution is 5.84. The first kappa shape index (κ1) is 13.7. The van der Waals surface area contributed by atoms with E-state index in [4.69, 9.17) is 4.74 Å². The number of hydrogen-bond acceptors (Lipinski definition) is 3. The van der Waals surface area contributed by atoms with Crippen LogP contribution in [0.1, 0.15) is 30.5 Å². The van der Waals surface area contributed by atoms with Crippen molar-refractivity contribution in [3.05, 3.63) is 65.7 Å². The lowest BCUT2D eigenvalue weighted by Crippen LogP contribution is -2.43. The second kappa shape index (κ2) is 5.64. The first-order chi connectivity index (χ1) is 10.2. The first-order valence-corrected chi connectivity index (χ1v) is 7.04. The number of hydrogen-bond donors (Lipinski definition) is 0. The van der Waals surface area contributed by atoms with Crippen molar-refractivity contribution in [1.29, 1.82) is 0 Å². The van der Waals surface area contributed by atoms with E-state index in [1.165, 1.54) is 12.1 Å². The van der Waals surface area contributed by atoms with Gasteiger partial charge in [-0.05, 0) is 42.7 Å². The molecule has 1 aliphatic carbocycles. The molecule has 3 nitrogen and oxygen atoms in total. The largest absolute Gasteiger partial charge is 0.459 e. The molecule has 1 aliphatic rings. The molecule has 0 unspecified atom stereocenters. The zero-order chi connectivity index (χ0) is 14.7. The molecule has 0 radical (unpaired) electrons. The summed E-state index contributed by atoms with van der Waals surface area (Å²) in [6.07, 6.45) is 4.15. The van der Waals surface area contributed by atoms with Gasteiger partial charge in [0.15, 0.2) is 0 Å². The maximum absolute atomic E-state index is 13.0. The minimum Gasteiger partial charge on any atom is -0.459 e. The van der Waals surface area contributed by atoms with Crippen LogP contribution in [-0.2, 0) is 21.6 Å². The number of esters is 1. The van der Waals surface area contributed by atoms with E-state index < -0.39 is 5.41 Å². The second-order valence-corrected chi connectivity index (χ2v) is 5.34.